The van der Waals surface area contributed by atoms with Crippen LogP contribution in [0.5, 0.6) is 0 Å². The molecule has 5 heteroatoms. The van der Waals surface area contributed by atoms with Crippen molar-refractivity contribution in [2.24, 2.45) is 11.8 Å². The van der Waals surface area contributed by atoms with E-state index in [0.717, 1.165) is 38.5 Å². The van der Waals surface area contributed by atoms with Gasteiger partial charge in [0.15, 0.2) is 0 Å². The van der Waals surface area contributed by atoms with Crippen LogP contribution in [0.2, 0.25) is 0 Å². The van der Waals surface area contributed by atoms with Crippen LogP contribution in [0.3, 0.4) is 0 Å². The van der Waals surface area contributed by atoms with Gasteiger partial charge in [0.1, 0.15) is 0 Å². The Morgan fingerprint density at radius 2 is 1.59 bits per heavy atom. The molecule has 0 N–H and O–H groups in total. The van der Waals surface area contributed by atoms with Crippen LogP contribution >= 0.6 is 0 Å². The van der Waals surface area contributed by atoms with Crippen molar-refractivity contribution in [3.8, 4) is 0 Å². The molecule has 0 radical (unpaired) electrons. The molecule has 0 spiro atoms. The molecule has 0 aromatic heterocycles. The molecule has 0 rings (SSSR count). The van der Waals surface area contributed by atoms with Crippen molar-refractivity contribution in [2.75, 3.05) is 26.3 Å². The first kappa shape index (κ1) is 25.7. The summed E-state index contributed by atoms with van der Waals surface area (Å²) in [4.78, 5) is 26.2. The Morgan fingerprint density at radius 3 is 2.19 bits per heavy atom. The number of unbranched alkanes of at least 4 members (excludes halogenated alkanes) is 3. The van der Waals surface area contributed by atoms with Gasteiger partial charge in [0.25, 0.3) is 0 Å². The van der Waals surface area contributed by atoms with Gasteiger partial charge in [-0.05, 0) is 31.1 Å². The van der Waals surface area contributed by atoms with E-state index >= 15 is 0 Å². The summed E-state index contributed by atoms with van der Waals surface area (Å²) in [7, 11) is 0. The molecule has 27 heavy (non-hydrogen) atoms. The molecule has 0 fully saturated rings. The summed E-state index contributed by atoms with van der Waals surface area (Å²) >= 11 is 0. The van der Waals surface area contributed by atoms with Gasteiger partial charge in [-0.15, -0.1) is 0 Å². The highest BCUT2D eigenvalue weighted by Gasteiger charge is 2.20. The maximum absolute atomic E-state index is 12.3. The average Bonchev–Trinajstić information content (AvgIpc) is 2.65. The quantitative estimate of drug-likeness (QED) is 0.248. The molecular formula is C22H43NO4. The predicted molar refractivity (Wildman–Crippen MR) is 111 cm³/mol. The third-order valence-corrected chi connectivity index (χ3v) is 4.83. The number of hydrogen-bond donors (Lipinski definition) is 0. The number of ether oxygens (including phenoxy) is 2. The Bertz CT molecular complexity index is 387. The van der Waals surface area contributed by atoms with E-state index in [1.165, 1.54) is 12.8 Å². The van der Waals surface area contributed by atoms with Crippen LogP contribution < -0.4 is 0 Å². The standard InChI is InChI=1S/C22H43NO4/c1-6-10-13-20(9-4)18-27-21(24)16-19(5)17-23(14-11-7-2)22(25)26-15-12-8-3/h19-20H,6-18H2,1-5H3. The predicted octanol–water partition coefficient (Wildman–Crippen LogP) is 5.81. The van der Waals surface area contributed by atoms with E-state index in [1.54, 1.807) is 4.90 Å². The van der Waals surface area contributed by atoms with Gasteiger partial charge in [-0.1, -0.05) is 66.7 Å². The first-order valence-electron chi connectivity index (χ1n) is 11.1. The summed E-state index contributed by atoms with van der Waals surface area (Å²) in [6.45, 7) is 12.7. The molecule has 0 aliphatic carbocycles. The van der Waals surface area contributed by atoms with Crippen molar-refractivity contribution in [3.05, 3.63) is 0 Å². The van der Waals surface area contributed by atoms with Gasteiger partial charge >= 0.3 is 12.1 Å². The molecule has 0 bridgehead atoms. The summed E-state index contributed by atoms with van der Waals surface area (Å²) in [5.41, 5.74) is 0. The lowest BCUT2D eigenvalue weighted by Gasteiger charge is -2.25. The van der Waals surface area contributed by atoms with Crippen molar-refractivity contribution in [3.63, 3.8) is 0 Å². The number of carbonyl (C=O) groups excluding carboxylic acids is 2. The van der Waals surface area contributed by atoms with E-state index in [9.17, 15) is 9.59 Å². The Labute approximate surface area is 167 Å². The molecule has 0 heterocycles. The number of carbonyl (C=O) groups is 2. The molecule has 0 saturated heterocycles. The fourth-order valence-electron chi connectivity index (χ4n) is 2.89. The minimum atomic E-state index is -0.261. The van der Waals surface area contributed by atoms with Gasteiger partial charge in [-0.3, -0.25) is 4.79 Å². The Kier molecular flexibility index (Phi) is 16.1. The number of amides is 1. The Morgan fingerprint density at radius 1 is 0.926 bits per heavy atom. The third kappa shape index (κ3) is 13.5. The minimum Gasteiger partial charge on any atom is -0.465 e. The summed E-state index contributed by atoms with van der Waals surface area (Å²) in [5.74, 6) is 0.356. The lowest BCUT2D eigenvalue weighted by Crippen LogP contribution is -2.37. The second-order valence-electron chi connectivity index (χ2n) is 7.68. The van der Waals surface area contributed by atoms with Crippen LogP contribution in [0, 0.1) is 11.8 Å². The Hall–Kier alpha value is -1.26. The third-order valence-electron chi connectivity index (χ3n) is 4.83. The van der Waals surface area contributed by atoms with Gasteiger partial charge in [-0.25, -0.2) is 4.79 Å². The van der Waals surface area contributed by atoms with Crippen LogP contribution in [-0.4, -0.2) is 43.3 Å². The maximum atomic E-state index is 12.3. The minimum absolute atomic E-state index is 0.0591. The summed E-state index contributed by atoms with van der Waals surface area (Å²) < 4.78 is 10.8. The highest BCUT2D eigenvalue weighted by atomic mass is 16.6. The zero-order valence-corrected chi connectivity index (χ0v) is 18.4. The topological polar surface area (TPSA) is 55.8 Å². The zero-order valence-electron chi connectivity index (χ0n) is 18.4. The van der Waals surface area contributed by atoms with Gasteiger partial charge in [0.05, 0.1) is 13.2 Å². The number of hydrogen-bond acceptors (Lipinski definition) is 4. The monoisotopic (exact) mass is 385 g/mol. The van der Waals surface area contributed by atoms with Crippen LogP contribution in [0.4, 0.5) is 4.79 Å². The number of rotatable bonds is 16. The molecule has 2 unspecified atom stereocenters. The highest BCUT2D eigenvalue weighted by Crippen LogP contribution is 2.15. The van der Waals surface area contributed by atoms with Gasteiger partial charge in [0.2, 0.25) is 0 Å². The van der Waals surface area contributed by atoms with Crippen LogP contribution in [0.15, 0.2) is 0 Å². The summed E-state index contributed by atoms with van der Waals surface area (Å²) in [6.07, 6.45) is 8.43. The molecule has 0 aliphatic heterocycles. The summed E-state index contributed by atoms with van der Waals surface area (Å²) in [6, 6.07) is 0. The van der Waals surface area contributed by atoms with Crippen molar-refractivity contribution in [1.29, 1.82) is 0 Å². The molecule has 1 amide bonds. The second kappa shape index (κ2) is 16.9. The van der Waals surface area contributed by atoms with Crippen LogP contribution in [-0.2, 0) is 14.3 Å². The number of nitrogens with zero attached hydrogens (tertiary/aromatic N) is 1. The largest absolute Gasteiger partial charge is 0.465 e. The maximum Gasteiger partial charge on any atom is 0.409 e. The normalized spacial score (nSPS) is 13.1. The lowest BCUT2D eigenvalue weighted by atomic mass is 10.0. The van der Waals surface area contributed by atoms with Gasteiger partial charge in [-0.2, -0.15) is 0 Å². The fourth-order valence-corrected chi connectivity index (χ4v) is 2.89. The first-order chi connectivity index (χ1) is 13.0. The molecule has 0 aromatic carbocycles. The van der Waals surface area contributed by atoms with Crippen molar-refractivity contribution in [1.82, 2.24) is 4.90 Å². The van der Waals surface area contributed by atoms with E-state index < -0.39 is 0 Å². The molecule has 0 aromatic rings. The van der Waals surface area contributed by atoms with E-state index in [2.05, 4.69) is 27.7 Å². The highest BCUT2D eigenvalue weighted by molar-refractivity contribution is 5.70. The summed E-state index contributed by atoms with van der Waals surface area (Å²) in [5, 5.41) is 0. The lowest BCUT2D eigenvalue weighted by molar-refractivity contribution is -0.146. The van der Waals surface area contributed by atoms with Crippen molar-refractivity contribution in [2.45, 2.75) is 92.4 Å². The molecule has 5 nitrogen and oxygen atoms in total. The number of esters is 1. The molecule has 2 atom stereocenters. The van der Waals surface area contributed by atoms with Crippen molar-refractivity contribution < 1.29 is 19.1 Å². The van der Waals surface area contributed by atoms with Crippen molar-refractivity contribution >= 4 is 12.1 Å². The van der Waals surface area contributed by atoms with Crippen LogP contribution in [0.1, 0.15) is 92.4 Å². The van der Waals surface area contributed by atoms with E-state index in [1.807, 2.05) is 6.92 Å². The second-order valence-corrected chi connectivity index (χ2v) is 7.68. The van der Waals surface area contributed by atoms with E-state index in [0.29, 0.717) is 38.6 Å². The van der Waals surface area contributed by atoms with E-state index in [-0.39, 0.29) is 18.0 Å². The molecule has 0 aliphatic rings. The first-order valence-corrected chi connectivity index (χ1v) is 11.1. The molecule has 0 saturated carbocycles. The smallest absolute Gasteiger partial charge is 0.409 e. The van der Waals surface area contributed by atoms with Gasteiger partial charge in [0, 0.05) is 19.5 Å². The van der Waals surface area contributed by atoms with Gasteiger partial charge < -0.3 is 14.4 Å². The van der Waals surface area contributed by atoms with Crippen LogP contribution in [0.25, 0.3) is 0 Å². The zero-order chi connectivity index (χ0) is 20.5. The molecular weight excluding hydrogens is 342 g/mol. The Balaban J connectivity index is 4.37. The fraction of sp³-hybridized carbons (Fsp3) is 0.909. The molecule has 160 valence electrons. The average molecular weight is 386 g/mol. The van der Waals surface area contributed by atoms with E-state index in [4.69, 9.17) is 9.47 Å². The SMILES string of the molecule is CCCCOC(=O)N(CCCC)CC(C)CC(=O)OCC(CC)CCCC.